The second-order valence-electron chi connectivity index (χ2n) is 7.16. The highest BCUT2D eigenvalue weighted by atomic mass is 16.5. The average Bonchev–Trinajstić information content (AvgIpc) is 2.61. The lowest BCUT2D eigenvalue weighted by Crippen LogP contribution is -2.40. The van der Waals surface area contributed by atoms with Gasteiger partial charge < -0.3 is 9.68 Å². The Bertz CT molecular complexity index is 766. The first-order valence-corrected chi connectivity index (χ1v) is 8.54. The van der Waals surface area contributed by atoms with Crippen LogP contribution < -0.4 is 5.46 Å². The highest BCUT2D eigenvalue weighted by Gasteiger charge is 2.25. The predicted molar refractivity (Wildman–Crippen MR) is 106 cm³/mol. The normalized spacial score (nSPS) is 11.4. The summed E-state index contributed by atoms with van der Waals surface area (Å²) in [5, 5.41) is 10.6. The van der Waals surface area contributed by atoms with E-state index >= 15 is 0 Å². The highest BCUT2D eigenvalue weighted by Crippen LogP contribution is 2.26. The van der Waals surface area contributed by atoms with Crippen LogP contribution in [0.4, 0.5) is 0 Å². The molecule has 25 heavy (non-hydrogen) atoms. The highest BCUT2D eigenvalue weighted by molar-refractivity contribution is 6.60. The van der Waals surface area contributed by atoms with Crippen molar-refractivity contribution in [3.63, 3.8) is 0 Å². The van der Waals surface area contributed by atoms with Crippen molar-refractivity contribution < 1.29 is 9.68 Å². The molecule has 3 aromatic rings. The number of rotatable bonds is 4. The van der Waals surface area contributed by atoms with E-state index in [2.05, 4.69) is 30.3 Å². The van der Waals surface area contributed by atoms with Crippen LogP contribution in [0.3, 0.4) is 0 Å². The second kappa shape index (κ2) is 7.26. The van der Waals surface area contributed by atoms with Gasteiger partial charge in [-0.25, -0.2) is 0 Å². The molecule has 0 amide bonds. The lowest BCUT2D eigenvalue weighted by Gasteiger charge is -2.23. The van der Waals surface area contributed by atoms with Gasteiger partial charge in [-0.3, -0.25) is 0 Å². The smallest absolute Gasteiger partial charge is 0.423 e. The van der Waals surface area contributed by atoms with Gasteiger partial charge in [0.2, 0.25) is 0 Å². The maximum atomic E-state index is 10.6. The van der Waals surface area contributed by atoms with Crippen molar-refractivity contribution in [1.82, 2.24) is 0 Å². The van der Waals surface area contributed by atoms with Crippen molar-refractivity contribution >= 4 is 12.6 Å². The van der Waals surface area contributed by atoms with E-state index in [-0.39, 0.29) is 0 Å². The van der Waals surface area contributed by atoms with Crippen LogP contribution in [0, 0.1) is 0 Å². The summed E-state index contributed by atoms with van der Waals surface area (Å²) in [5.74, 6) is 0. The van der Waals surface area contributed by atoms with Crippen LogP contribution >= 0.6 is 0 Å². The maximum Gasteiger partial charge on any atom is 0.491 e. The third kappa shape index (κ3) is 4.59. The molecule has 0 aliphatic carbocycles. The Hall–Kier alpha value is -2.36. The summed E-state index contributed by atoms with van der Waals surface area (Å²) in [4.78, 5) is 0. The first-order valence-electron chi connectivity index (χ1n) is 8.54. The van der Waals surface area contributed by atoms with E-state index in [1.165, 1.54) is 0 Å². The van der Waals surface area contributed by atoms with Gasteiger partial charge in [-0.2, -0.15) is 0 Å². The Morgan fingerprint density at radius 3 is 1.52 bits per heavy atom. The Morgan fingerprint density at radius 1 is 0.680 bits per heavy atom. The third-order valence-electron chi connectivity index (χ3n) is 3.92. The first-order chi connectivity index (χ1) is 11.9. The van der Waals surface area contributed by atoms with Crippen molar-refractivity contribution in [2.75, 3.05) is 0 Å². The number of benzene rings is 3. The van der Waals surface area contributed by atoms with Gasteiger partial charge in [0.1, 0.15) is 0 Å². The number of hydrogen-bond acceptors (Lipinski definition) is 2. The van der Waals surface area contributed by atoms with E-state index in [0.29, 0.717) is 0 Å². The SMILES string of the molecule is CC(C)(C)OB(O)c1cc(-c2ccccc2)cc(-c2ccccc2)c1. The van der Waals surface area contributed by atoms with Crippen LogP contribution in [-0.4, -0.2) is 17.7 Å². The molecule has 0 bridgehead atoms. The molecule has 0 radical (unpaired) electrons. The minimum Gasteiger partial charge on any atom is -0.423 e. The van der Waals surface area contributed by atoms with Crippen LogP contribution in [0.2, 0.25) is 0 Å². The summed E-state index contributed by atoms with van der Waals surface area (Å²) in [6.45, 7) is 5.82. The van der Waals surface area contributed by atoms with E-state index in [9.17, 15) is 5.02 Å². The summed E-state index contributed by atoms with van der Waals surface area (Å²) in [5.41, 5.74) is 4.70. The van der Waals surface area contributed by atoms with Gasteiger partial charge in [-0.05, 0) is 54.6 Å². The van der Waals surface area contributed by atoms with Gasteiger partial charge in [-0.1, -0.05) is 72.8 Å². The minimum atomic E-state index is -0.967. The lowest BCUT2D eigenvalue weighted by atomic mass is 9.76. The topological polar surface area (TPSA) is 29.5 Å². The van der Waals surface area contributed by atoms with Gasteiger partial charge in [0.15, 0.2) is 0 Å². The number of hydrogen-bond donors (Lipinski definition) is 1. The Balaban J connectivity index is 2.09. The summed E-state index contributed by atoms with van der Waals surface area (Å²) in [6, 6.07) is 26.5. The average molecular weight is 330 g/mol. The van der Waals surface area contributed by atoms with Crippen LogP contribution in [0.5, 0.6) is 0 Å². The largest absolute Gasteiger partial charge is 0.491 e. The molecule has 0 heterocycles. The minimum absolute atomic E-state index is 0.422. The van der Waals surface area contributed by atoms with Crippen LogP contribution in [0.1, 0.15) is 20.8 Å². The second-order valence-corrected chi connectivity index (χ2v) is 7.16. The molecule has 0 unspecified atom stereocenters. The molecular formula is C22H23BO2. The van der Waals surface area contributed by atoms with E-state index < -0.39 is 12.7 Å². The molecule has 2 nitrogen and oxygen atoms in total. The molecular weight excluding hydrogens is 307 g/mol. The lowest BCUT2D eigenvalue weighted by molar-refractivity contribution is 0.107. The predicted octanol–water partition coefficient (Wildman–Crippen LogP) is 4.52. The molecule has 0 aliphatic rings. The maximum absolute atomic E-state index is 10.6. The van der Waals surface area contributed by atoms with Gasteiger partial charge in [-0.15, -0.1) is 0 Å². The zero-order valence-electron chi connectivity index (χ0n) is 14.9. The molecule has 0 atom stereocenters. The molecule has 0 saturated carbocycles. The first kappa shape index (κ1) is 17.5. The molecule has 1 N–H and O–H groups in total. The van der Waals surface area contributed by atoms with Crippen molar-refractivity contribution in [3.8, 4) is 22.3 Å². The van der Waals surface area contributed by atoms with E-state index in [1.807, 2.05) is 69.3 Å². The van der Waals surface area contributed by atoms with E-state index in [0.717, 1.165) is 27.7 Å². The monoisotopic (exact) mass is 330 g/mol. The summed E-state index contributed by atoms with van der Waals surface area (Å²) in [6.07, 6.45) is 0. The molecule has 0 fully saturated rings. The quantitative estimate of drug-likeness (QED) is 0.713. The molecule has 0 saturated heterocycles. The van der Waals surface area contributed by atoms with Crippen LogP contribution in [0.25, 0.3) is 22.3 Å². The van der Waals surface area contributed by atoms with Crippen molar-refractivity contribution in [3.05, 3.63) is 78.9 Å². The van der Waals surface area contributed by atoms with Crippen LogP contribution in [0.15, 0.2) is 78.9 Å². The zero-order valence-corrected chi connectivity index (χ0v) is 14.9. The molecule has 126 valence electrons. The standard InChI is InChI=1S/C22H23BO2/c1-22(2,3)25-23(24)21-15-19(17-10-6-4-7-11-17)14-20(16-21)18-12-8-5-9-13-18/h4-16,24H,1-3H3. The van der Waals surface area contributed by atoms with Gasteiger partial charge >= 0.3 is 7.12 Å². The van der Waals surface area contributed by atoms with Gasteiger partial charge in [0.05, 0.1) is 0 Å². The summed E-state index contributed by atoms with van der Waals surface area (Å²) >= 11 is 0. The van der Waals surface area contributed by atoms with Crippen molar-refractivity contribution in [2.45, 2.75) is 26.4 Å². The van der Waals surface area contributed by atoms with Crippen molar-refractivity contribution in [1.29, 1.82) is 0 Å². The Kier molecular flexibility index (Phi) is 5.07. The zero-order chi connectivity index (χ0) is 17.9. The molecule has 3 aromatic carbocycles. The third-order valence-corrected chi connectivity index (χ3v) is 3.92. The van der Waals surface area contributed by atoms with Crippen molar-refractivity contribution in [2.24, 2.45) is 0 Å². The molecule has 0 aliphatic heterocycles. The van der Waals surface area contributed by atoms with Gasteiger partial charge in [0.25, 0.3) is 0 Å². The van der Waals surface area contributed by atoms with Crippen LogP contribution in [-0.2, 0) is 4.65 Å². The summed E-state index contributed by atoms with van der Waals surface area (Å²) < 4.78 is 5.76. The van der Waals surface area contributed by atoms with E-state index in [1.54, 1.807) is 0 Å². The Morgan fingerprint density at radius 2 is 1.12 bits per heavy atom. The molecule has 0 aromatic heterocycles. The fraction of sp³-hybridized carbons (Fsp3) is 0.182. The summed E-state index contributed by atoms with van der Waals surface area (Å²) in [7, 11) is -0.967. The molecule has 3 rings (SSSR count). The fourth-order valence-electron chi connectivity index (χ4n) is 2.79. The Labute approximate surface area is 150 Å². The molecule has 3 heteroatoms. The van der Waals surface area contributed by atoms with E-state index in [4.69, 9.17) is 4.65 Å². The molecule has 0 spiro atoms. The van der Waals surface area contributed by atoms with Gasteiger partial charge in [0, 0.05) is 5.60 Å². The fourth-order valence-corrected chi connectivity index (χ4v) is 2.79.